The second kappa shape index (κ2) is 14.6. The fraction of sp³-hybridized carbons (Fsp3) is 0.280. The van der Waals surface area contributed by atoms with E-state index in [1.165, 1.54) is 48.0 Å². The summed E-state index contributed by atoms with van der Waals surface area (Å²) in [6.07, 6.45) is 7.01. The van der Waals surface area contributed by atoms with Gasteiger partial charge < -0.3 is 0 Å². The van der Waals surface area contributed by atoms with Gasteiger partial charge in [-0.15, -0.1) is 0 Å². The van der Waals surface area contributed by atoms with Crippen molar-refractivity contribution < 1.29 is 0 Å². The van der Waals surface area contributed by atoms with Crippen molar-refractivity contribution in [2.24, 2.45) is 0 Å². The number of hydrogen-bond acceptors (Lipinski definition) is 0. The highest BCUT2D eigenvalue weighted by Crippen LogP contribution is 2.32. The lowest BCUT2D eigenvalue weighted by atomic mass is 10.2. The minimum atomic E-state index is -0.446. The molecule has 0 nitrogen and oxygen atoms in total. The molecule has 2 heteroatoms. The lowest BCUT2D eigenvalue weighted by Crippen LogP contribution is -2.20. The third-order valence-corrected chi connectivity index (χ3v) is 6.69. The van der Waals surface area contributed by atoms with E-state index < -0.39 is 7.92 Å². The molecule has 0 radical (unpaired) electrons. The molecule has 0 aromatic heterocycles. The third kappa shape index (κ3) is 8.38. The van der Waals surface area contributed by atoms with Crippen LogP contribution in [0.2, 0.25) is 0 Å². The minimum absolute atomic E-state index is 0. The zero-order chi connectivity index (χ0) is 18.5. The first-order valence-corrected chi connectivity index (χ1v) is 11.2. The van der Waals surface area contributed by atoms with Gasteiger partial charge >= 0.3 is 0 Å². The maximum absolute atomic E-state index is 2.25. The summed E-state index contributed by atoms with van der Waals surface area (Å²) in [6, 6.07) is 32.3. The summed E-state index contributed by atoms with van der Waals surface area (Å²) in [5.41, 5.74) is 0. The number of benzene rings is 3. The Balaban J connectivity index is 0.000000395. The maximum atomic E-state index is 2.25. The molecule has 0 aliphatic carbocycles. The fourth-order valence-corrected chi connectivity index (χ4v) is 5.16. The Labute approximate surface area is 170 Å². The summed E-state index contributed by atoms with van der Waals surface area (Å²) in [5.74, 6) is 0. The molecule has 0 bridgehead atoms. The van der Waals surface area contributed by atoms with Crippen LogP contribution in [-0.4, -0.2) is 0 Å². The highest BCUT2D eigenvalue weighted by molar-refractivity contribution is 7.79. The molecule has 0 saturated carbocycles. The van der Waals surface area contributed by atoms with Crippen LogP contribution >= 0.6 is 17.8 Å². The third-order valence-electron chi connectivity index (χ3n) is 4.25. The van der Waals surface area contributed by atoms with Gasteiger partial charge in [0.15, 0.2) is 0 Å². The molecule has 3 aromatic carbocycles. The Bertz CT molecular complexity index is 598. The van der Waals surface area contributed by atoms with E-state index in [4.69, 9.17) is 0 Å². The van der Waals surface area contributed by atoms with Crippen molar-refractivity contribution in [3.05, 3.63) is 91.0 Å². The van der Waals surface area contributed by atoms with Crippen LogP contribution in [0, 0.1) is 0 Å². The second-order valence-electron chi connectivity index (χ2n) is 6.40. The molecule has 27 heavy (non-hydrogen) atoms. The molecule has 1 atom stereocenters. The Morgan fingerprint density at radius 2 is 0.778 bits per heavy atom. The van der Waals surface area contributed by atoms with Crippen LogP contribution in [0.1, 0.15) is 46.0 Å². The summed E-state index contributed by atoms with van der Waals surface area (Å²) in [5, 5.41) is 4.19. The average Bonchev–Trinajstić information content (AvgIpc) is 2.72. The van der Waals surface area contributed by atoms with E-state index in [0.717, 1.165) is 0 Å². The first-order chi connectivity index (χ1) is 12.9. The Kier molecular flexibility index (Phi) is 12.7. The number of rotatable bonds is 7. The highest BCUT2D eigenvalue weighted by atomic mass is 31.1. The molecule has 0 N–H and O–H groups in total. The van der Waals surface area contributed by atoms with Gasteiger partial charge in [0.25, 0.3) is 0 Å². The molecule has 3 aromatic rings. The van der Waals surface area contributed by atoms with Gasteiger partial charge in [0.1, 0.15) is 0 Å². The van der Waals surface area contributed by atoms with Crippen LogP contribution in [-0.2, 0) is 0 Å². The minimum Gasteiger partial charge on any atom is -0.153 e. The van der Waals surface area contributed by atoms with E-state index in [9.17, 15) is 0 Å². The van der Waals surface area contributed by atoms with Gasteiger partial charge in [0.05, 0.1) is 0 Å². The summed E-state index contributed by atoms with van der Waals surface area (Å²) in [7, 11) is -0.446. The highest BCUT2D eigenvalue weighted by Gasteiger charge is 2.14. The second-order valence-corrected chi connectivity index (χ2v) is 8.62. The molecule has 0 aliphatic rings. The molecule has 0 amide bonds. The SMILES string of the molecule is CCCCCCC.P.c1ccc(P(c2ccccc2)c2ccccc2)cc1. The van der Waals surface area contributed by atoms with Crippen LogP contribution in [0.3, 0.4) is 0 Å². The topological polar surface area (TPSA) is 0 Å². The fourth-order valence-electron chi connectivity index (χ4n) is 2.86. The van der Waals surface area contributed by atoms with E-state index in [-0.39, 0.29) is 9.90 Å². The van der Waals surface area contributed by atoms with E-state index in [2.05, 4.69) is 105 Å². The van der Waals surface area contributed by atoms with Crippen LogP contribution in [0.4, 0.5) is 0 Å². The first-order valence-electron chi connectivity index (χ1n) is 9.82. The summed E-state index contributed by atoms with van der Waals surface area (Å²) in [6.45, 7) is 4.49. The molecule has 0 spiro atoms. The van der Waals surface area contributed by atoms with Crippen molar-refractivity contribution in [2.45, 2.75) is 46.0 Å². The van der Waals surface area contributed by atoms with Gasteiger partial charge in [-0.3, -0.25) is 0 Å². The lowest BCUT2D eigenvalue weighted by molar-refractivity contribution is 0.656. The molecule has 144 valence electrons. The standard InChI is InChI=1S/C18H15P.C7H16.H3P/c1-4-10-16(11-5-1)19(17-12-6-2-7-13-17)18-14-8-3-9-15-18;1-3-5-7-6-4-2;/h1-15H;3-7H2,1-2H3;1H3. The summed E-state index contributed by atoms with van der Waals surface area (Å²) >= 11 is 0. The molecule has 0 saturated heterocycles. The zero-order valence-electron chi connectivity index (χ0n) is 16.9. The molecule has 0 aliphatic heterocycles. The smallest absolute Gasteiger partial charge is 0.0134 e. The van der Waals surface area contributed by atoms with Crippen LogP contribution in [0.5, 0.6) is 0 Å². The molecule has 3 rings (SSSR count). The van der Waals surface area contributed by atoms with Gasteiger partial charge in [0.2, 0.25) is 0 Å². The summed E-state index contributed by atoms with van der Waals surface area (Å²) < 4.78 is 0. The van der Waals surface area contributed by atoms with Gasteiger partial charge in [0, 0.05) is 0 Å². The maximum Gasteiger partial charge on any atom is -0.0134 e. The van der Waals surface area contributed by atoms with Crippen molar-refractivity contribution >= 4 is 33.7 Å². The quantitative estimate of drug-likeness (QED) is 0.317. The van der Waals surface area contributed by atoms with Gasteiger partial charge in [-0.1, -0.05) is 137 Å². The van der Waals surface area contributed by atoms with Crippen LogP contribution in [0.25, 0.3) is 0 Å². The number of unbranched alkanes of at least 4 members (excludes halogenated alkanes) is 4. The lowest BCUT2D eigenvalue weighted by Gasteiger charge is -2.18. The largest absolute Gasteiger partial charge is 0.153 e. The normalized spacial score (nSPS) is 9.89. The van der Waals surface area contributed by atoms with Crippen molar-refractivity contribution in [3.8, 4) is 0 Å². The van der Waals surface area contributed by atoms with Crippen molar-refractivity contribution in [1.82, 2.24) is 0 Å². The van der Waals surface area contributed by atoms with Crippen molar-refractivity contribution in [1.29, 1.82) is 0 Å². The predicted octanol–water partition coefficient (Wildman–Crippen LogP) is 6.48. The van der Waals surface area contributed by atoms with E-state index in [1.807, 2.05) is 0 Å². The predicted molar refractivity (Wildman–Crippen MR) is 131 cm³/mol. The Morgan fingerprint density at radius 3 is 1.04 bits per heavy atom. The van der Waals surface area contributed by atoms with E-state index >= 15 is 0 Å². The molecule has 0 heterocycles. The molecule has 1 unspecified atom stereocenters. The first kappa shape index (κ1) is 23.6. The average molecular weight is 396 g/mol. The zero-order valence-corrected chi connectivity index (χ0v) is 19.2. The van der Waals surface area contributed by atoms with Crippen LogP contribution in [0.15, 0.2) is 91.0 Å². The van der Waals surface area contributed by atoms with Gasteiger partial charge in [-0.05, 0) is 23.8 Å². The summed E-state index contributed by atoms with van der Waals surface area (Å²) in [4.78, 5) is 0. The van der Waals surface area contributed by atoms with E-state index in [0.29, 0.717) is 0 Å². The Morgan fingerprint density at radius 1 is 0.481 bits per heavy atom. The Hall–Kier alpha value is -1.48. The molecular formula is C25H34P2. The van der Waals surface area contributed by atoms with Crippen molar-refractivity contribution in [2.75, 3.05) is 0 Å². The van der Waals surface area contributed by atoms with E-state index in [1.54, 1.807) is 0 Å². The number of hydrogen-bond donors (Lipinski definition) is 0. The molecular weight excluding hydrogens is 362 g/mol. The van der Waals surface area contributed by atoms with Gasteiger partial charge in [-0.25, -0.2) is 0 Å². The van der Waals surface area contributed by atoms with Gasteiger partial charge in [-0.2, -0.15) is 9.90 Å². The monoisotopic (exact) mass is 396 g/mol. The van der Waals surface area contributed by atoms with Crippen LogP contribution < -0.4 is 15.9 Å². The van der Waals surface area contributed by atoms with Crippen molar-refractivity contribution in [3.63, 3.8) is 0 Å². The molecule has 0 fully saturated rings.